The molecule has 0 fully saturated rings. The Balaban J connectivity index is 1.75. The van der Waals surface area contributed by atoms with E-state index in [-0.39, 0.29) is 17.5 Å². The molecule has 2 amide bonds. The summed E-state index contributed by atoms with van der Waals surface area (Å²) in [6.45, 7) is 0. The van der Waals surface area contributed by atoms with Gasteiger partial charge in [-0.05, 0) is 60.7 Å². The molecule has 3 rings (SSSR count). The van der Waals surface area contributed by atoms with Gasteiger partial charge in [0.2, 0.25) is 0 Å². The van der Waals surface area contributed by atoms with Gasteiger partial charge in [-0.15, -0.1) is 0 Å². The van der Waals surface area contributed by atoms with Gasteiger partial charge in [0.05, 0.1) is 24.6 Å². The number of rotatable bonds is 6. The first-order chi connectivity index (χ1) is 14.4. The van der Waals surface area contributed by atoms with Gasteiger partial charge < -0.3 is 21.2 Å². The molecule has 0 radical (unpaired) electrons. The molecule has 0 heterocycles. The Morgan fingerprint density at radius 3 is 2.77 bits per heavy atom. The van der Waals surface area contributed by atoms with E-state index in [0.717, 1.165) is 30.4 Å². The summed E-state index contributed by atoms with van der Waals surface area (Å²) in [6.07, 6.45) is 3.66. The van der Waals surface area contributed by atoms with Crippen molar-refractivity contribution >= 4 is 17.5 Å². The van der Waals surface area contributed by atoms with Crippen LogP contribution < -0.4 is 21.3 Å². The van der Waals surface area contributed by atoms with Crippen LogP contribution in [0.3, 0.4) is 0 Å². The van der Waals surface area contributed by atoms with Crippen molar-refractivity contribution in [2.24, 2.45) is 5.73 Å². The highest BCUT2D eigenvalue weighted by Gasteiger charge is 2.23. The van der Waals surface area contributed by atoms with E-state index in [9.17, 15) is 9.59 Å². The average molecular weight is 408 g/mol. The molecule has 0 bridgehead atoms. The Kier molecular flexibility index (Phi) is 6.48. The largest absolute Gasteiger partial charge is 0.496 e. The first kappa shape index (κ1) is 21.1. The summed E-state index contributed by atoms with van der Waals surface area (Å²) in [5.41, 5.74) is 10.3. The molecule has 8 nitrogen and oxygen atoms in total. The number of hydrogen-bond donors (Lipinski definition) is 5. The highest BCUT2D eigenvalue weighted by atomic mass is 16.5. The minimum atomic E-state index is -0.578. The molecule has 0 saturated carbocycles. The molecule has 1 unspecified atom stereocenters. The maximum Gasteiger partial charge on any atom is 0.274 e. The van der Waals surface area contributed by atoms with Gasteiger partial charge in [0.1, 0.15) is 5.75 Å². The topological polar surface area (TPSA) is 138 Å². The molecular weight excluding hydrogens is 384 g/mol. The van der Waals surface area contributed by atoms with Crippen molar-refractivity contribution in [1.82, 2.24) is 10.8 Å². The molecule has 0 aromatic heterocycles. The van der Waals surface area contributed by atoms with Crippen molar-refractivity contribution in [1.29, 1.82) is 5.41 Å². The van der Waals surface area contributed by atoms with Gasteiger partial charge in [-0.25, -0.2) is 5.48 Å². The molecule has 156 valence electrons. The highest BCUT2D eigenvalue weighted by molar-refractivity contribution is 6.12. The molecule has 6 N–H and O–H groups in total. The van der Waals surface area contributed by atoms with Crippen LogP contribution in [0.4, 0.5) is 0 Å². The SMILES string of the molecule is COc1ccccc1C(=N)/C=C(\N)C(=O)NC1CCCc2cc(C(=O)NO)ccc21. The second kappa shape index (κ2) is 9.23. The zero-order chi connectivity index (χ0) is 21.7. The number of para-hydroxylation sites is 1. The Hall–Kier alpha value is -3.65. The van der Waals surface area contributed by atoms with Crippen molar-refractivity contribution in [3.8, 4) is 5.75 Å². The molecule has 1 atom stereocenters. The van der Waals surface area contributed by atoms with Gasteiger partial charge in [-0.1, -0.05) is 18.2 Å². The van der Waals surface area contributed by atoms with Gasteiger partial charge in [0, 0.05) is 11.1 Å². The monoisotopic (exact) mass is 408 g/mol. The van der Waals surface area contributed by atoms with Gasteiger partial charge in [0.25, 0.3) is 11.8 Å². The maximum atomic E-state index is 12.6. The molecule has 1 aliphatic rings. The van der Waals surface area contributed by atoms with Crippen molar-refractivity contribution in [2.75, 3.05) is 7.11 Å². The number of methoxy groups -OCH3 is 1. The predicted octanol–water partition coefficient (Wildman–Crippen LogP) is 2.22. The zero-order valence-electron chi connectivity index (χ0n) is 16.6. The third kappa shape index (κ3) is 4.49. The van der Waals surface area contributed by atoms with Gasteiger partial charge >= 0.3 is 0 Å². The van der Waals surface area contributed by atoms with E-state index in [4.69, 9.17) is 21.1 Å². The van der Waals surface area contributed by atoms with Gasteiger partial charge in [0.15, 0.2) is 0 Å². The number of hydrogen-bond acceptors (Lipinski definition) is 6. The van der Waals surface area contributed by atoms with Gasteiger partial charge in [-0.3, -0.25) is 14.8 Å². The summed E-state index contributed by atoms with van der Waals surface area (Å²) < 4.78 is 5.25. The van der Waals surface area contributed by atoms with Crippen LogP contribution in [0.25, 0.3) is 0 Å². The van der Waals surface area contributed by atoms with E-state index < -0.39 is 11.8 Å². The summed E-state index contributed by atoms with van der Waals surface area (Å²) in [7, 11) is 1.52. The summed E-state index contributed by atoms with van der Waals surface area (Å²) in [5.74, 6) is -0.522. The molecule has 8 heteroatoms. The Morgan fingerprint density at radius 1 is 1.27 bits per heavy atom. The van der Waals surface area contributed by atoms with Crippen LogP contribution in [-0.2, 0) is 11.2 Å². The van der Waals surface area contributed by atoms with Crippen LogP contribution in [0.2, 0.25) is 0 Å². The molecule has 30 heavy (non-hydrogen) atoms. The highest BCUT2D eigenvalue weighted by Crippen LogP contribution is 2.30. The molecule has 0 spiro atoms. The Labute approximate surface area is 174 Å². The minimum Gasteiger partial charge on any atom is -0.496 e. The second-order valence-corrected chi connectivity index (χ2v) is 6.99. The third-order valence-corrected chi connectivity index (χ3v) is 5.09. The van der Waals surface area contributed by atoms with Crippen molar-refractivity contribution < 1.29 is 19.5 Å². The minimum absolute atomic E-state index is 0.0730. The quantitative estimate of drug-likeness (QED) is 0.216. The van der Waals surface area contributed by atoms with E-state index in [1.807, 2.05) is 0 Å². The van der Waals surface area contributed by atoms with Crippen LogP contribution in [0.5, 0.6) is 5.75 Å². The smallest absolute Gasteiger partial charge is 0.274 e. The van der Waals surface area contributed by atoms with E-state index in [0.29, 0.717) is 16.9 Å². The van der Waals surface area contributed by atoms with Crippen molar-refractivity contribution in [3.63, 3.8) is 0 Å². The zero-order valence-corrected chi connectivity index (χ0v) is 16.6. The predicted molar refractivity (Wildman–Crippen MR) is 112 cm³/mol. The molecule has 2 aromatic rings. The van der Waals surface area contributed by atoms with E-state index in [1.54, 1.807) is 47.9 Å². The number of nitrogens with two attached hydrogens (primary N) is 1. The number of allylic oxidation sites excluding steroid dienone is 1. The van der Waals surface area contributed by atoms with E-state index in [1.165, 1.54) is 13.2 Å². The fourth-order valence-electron chi connectivity index (χ4n) is 3.58. The maximum absolute atomic E-state index is 12.6. The summed E-state index contributed by atoms with van der Waals surface area (Å²) in [6, 6.07) is 11.9. The number of ether oxygens (including phenoxy) is 1. The normalized spacial score (nSPS) is 15.7. The third-order valence-electron chi connectivity index (χ3n) is 5.09. The Morgan fingerprint density at radius 2 is 2.03 bits per heavy atom. The van der Waals surface area contributed by atoms with Crippen LogP contribution in [0.15, 0.2) is 54.2 Å². The molecular formula is C22H24N4O4. The van der Waals surface area contributed by atoms with Crippen LogP contribution in [-0.4, -0.2) is 29.8 Å². The average Bonchev–Trinajstić information content (AvgIpc) is 2.78. The molecule has 0 saturated heterocycles. The summed E-state index contributed by atoms with van der Waals surface area (Å²) in [4.78, 5) is 24.3. The lowest BCUT2D eigenvalue weighted by molar-refractivity contribution is -0.118. The fraction of sp³-hybridized carbons (Fsp3) is 0.227. The van der Waals surface area contributed by atoms with Gasteiger partial charge in [-0.2, -0.15) is 0 Å². The number of aryl methyl sites for hydroxylation is 1. The van der Waals surface area contributed by atoms with Crippen LogP contribution >= 0.6 is 0 Å². The number of nitrogens with one attached hydrogen (secondary N) is 3. The fourth-order valence-corrected chi connectivity index (χ4v) is 3.58. The number of fused-ring (bicyclic) bond motifs is 1. The lowest BCUT2D eigenvalue weighted by Gasteiger charge is -2.27. The molecule has 0 aliphatic heterocycles. The van der Waals surface area contributed by atoms with E-state index in [2.05, 4.69) is 5.32 Å². The molecule has 2 aromatic carbocycles. The number of benzene rings is 2. The summed E-state index contributed by atoms with van der Waals surface area (Å²) >= 11 is 0. The summed E-state index contributed by atoms with van der Waals surface area (Å²) in [5, 5.41) is 20.0. The van der Waals surface area contributed by atoms with E-state index >= 15 is 0 Å². The number of amides is 2. The standard InChI is InChI=1S/C22H24N4O4/c1-30-20-8-3-2-6-16(20)17(23)12-18(24)22(28)25-19-7-4-5-13-11-14(21(27)26-29)9-10-15(13)19/h2-3,6,8-12,19,23,29H,4-5,7,24H2,1H3,(H,25,28)(H,26,27)/b18-12-,23-17?. The molecule has 1 aliphatic carbocycles. The number of hydroxylamine groups is 1. The lowest BCUT2D eigenvalue weighted by Crippen LogP contribution is -2.34. The van der Waals surface area contributed by atoms with Crippen LogP contribution in [0.1, 0.15) is 45.9 Å². The second-order valence-electron chi connectivity index (χ2n) is 6.99. The number of carbonyl (C=O) groups is 2. The first-order valence-corrected chi connectivity index (χ1v) is 9.51. The first-order valence-electron chi connectivity index (χ1n) is 9.51. The van der Waals surface area contributed by atoms with Crippen molar-refractivity contribution in [2.45, 2.75) is 25.3 Å². The Bertz CT molecular complexity index is 1020. The lowest BCUT2D eigenvalue weighted by atomic mass is 9.86. The van der Waals surface area contributed by atoms with Crippen LogP contribution in [0, 0.1) is 5.41 Å². The number of carbonyl (C=O) groups excluding carboxylic acids is 2. The van der Waals surface area contributed by atoms with Crippen molar-refractivity contribution in [3.05, 3.63) is 76.5 Å².